The van der Waals surface area contributed by atoms with Crippen molar-refractivity contribution < 1.29 is 27.6 Å². The molecule has 0 fully saturated rings. The van der Waals surface area contributed by atoms with Gasteiger partial charge in [0, 0.05) is 6.54 Å². The highest BCUT2D eigenvalue weighted by atomic mass is 19.1. The number of hydrogen-bond donors (Lipinski definition) is 0. The number of halogens is 3. The number of alkyl halides is 1. The molecule has 4 aromatic rings. The van der Waals surface area contributed by atoms with E-state index in [-0.39, 0.29) is 42.0 Å². The van der Waals surface area contributed by atoms with Gasteiger partial charge in [-0.1, -0.05) is 63.2 Å². The molecule has 1 aliphatic heterocycles. The molecule has 0 N–H and O–H groups in total. The molecule has 11 heteroatoms. The van der Waals surface area contributed by atoms with Crippen LogP contribution in [0.2, 0.25) is 0 Å². The first-order valence-electron chi connectivity index (χ1n) is 14.2. The predicted octanol–water partition coefficient (Wildman–Crippen LogP) is 5.84. The van der Waals surface area contributed by atoms with E-state index >= 15 is 0 Å². The molecular weight excluding hydrogens is 571 g/mol. The van der Waals surface area contributed by atoms with Gasteiger partial charge >= 0.3 is 0 Å². The lowest BCUT2D eigenvalue weighted by atomic mass is 9.85. The van der Waals surface area contributed by atoms with E-state index in [2.05, 4.69) is 10.1 Å². The normalized spacial score (nSPS) is 14.5. The molecular formula is C33H32F3N5O3. The lowest BCUT2D eigenvalue weighted by molar-refractivity contribution is -0.123. The Hall–Kier alpha value is -4.80. The molecule has 2 atom stereocenters. The number of hydrogen-bond acceptors (Lipinski definition) is 5. The molecule has 0 saturated carbocycles. The number of imide groups is 1. The van der Waals surface area contributed by atoms with Gasteiger partial charge in [-0.15, -0.1) is 0 Å². The fourth-order valence-electron chi connectivity index (χ4n) is 5.60. The Morgan fingerprint density at radius 2 is 1.55 bits per heavy atom. The van der Waals surface area contributed by atoms with Crippen LogP contribution < -0.4 is 0 Å². The molecule has 0 spiro atoms. The molecule has 0 bridgehead atoms. The van der Waals surface area contributed by atoms with Gasteiger partial charge in [0.05, 0.1) is 35.3 Å². The van der Waals surface area contributed by atoms with Crippen molar-refractivity contribution >= 4 is 18.2 Å². The van der Waals surface area contributed by atoms with E-state index < -0.39 is 47.6 Å². The fourth-order valence-corrected chi connectivity index (χ4v) is 5.60. The van der Waals surface area contributed by atoms with Crippen LogP contribution in [0.3, 0.4) is 0 Å². The lowest BCUT2D eigenvalue weighted by Gasteiger charge is -2.38. The van der Waals surface area contributed by atoms with Crippen molar-refractivity contribution in [3.63, 3.8) is 0 Å². The molecule has 5 rings (SSSR count). The third kappa shape index (κ3) is 5.99. The van der Waals surface area contributed by atoms with E-state index in [4.69, 9.17) is 0 Å². The maximum atomic E-state index is 14.8. The first-order chi connectivity index (χ1) is 21.0. The Bertz CT molecular complexity index is 1650. The van der Waals surface area contributed by atoms with Gasteiger partial charge in [-0.2, -0.15) is 5.10 Å². The highest BCUT2D eigenvalue weighted by molar-refractivity contribution is 6.21. The van der Waals surface area contributed by atoms with Crippen molar-refractivity contribution in [2.45, 2.75) is 45.8 Å². The largest absolute Gasteiger partial charge is 0.334 e. The summed E-state index contributed by atoms with van der Waals surface area (Å²) in [5.41, 5.74) is 0.481. The van der Waals surface area contributed by atoms with Crippen LogP contribution in [0.25, 0.3) is 11.4 Å². The summed E-state index contributed by atoms with van der Waals surface area (Å²) in [6.07, 6.45) is 0.572. The fraction of sp³-hybridized carbons (Fsp3) is 0.303. The topological polar surface area (TPSA) is 88.4 Å². The summed E-state index contributed by atoms with van der Waals surface area (Å²) in [5.74, 6) is -2.27. The first kappa shape index (κ1) is 30.7. The number of aromatic nitrogens is 3. The summed E-state index contributed by atoms with van der Waals surface area (Å²) in [6, 6.07) is 16.8. The summed E-state index contributed by atoms with van der Waals surface area (Å²) in [7, 11) is 0. The van der Waals surface area contributed by atoms with Crippen LogP contribution in [0, 0.1) is 17.0 Å². The van der Waals surface area contributed by atoms with Gasteiger partial charge in [0.25, 0.3) is 11.8 Å². The summed E-state index contributed by atoms with van der Waals surface area (Å²) < 4.78 is 44.9. The zero-order chi connectivity index (χ0) is 31.6. The van der Waals surface area contributed by atoms with Crippen LogP contribution >= 0.6 is 0 Å². The molecule has 1 aromatic heterocycles. The Labute approximate surface area is 253 Å². The molecule has 3 aromatic carbocycles. The third-order valence-electron chi connectivity index (χ3n) is 7.67. The summed E-state index contributed by atoms with van der Waals surface area (Å²) in [4.78, 5) is 45.7. The van der Waals surface area contributed by atoms with Crippen molar-refractivity contribution in [3.05, 3.63) is 107 Å². The van der Waals surface area contributed by atoms with E-state index in [0.29, 0.717) is 12.2 Å². The minimum atomic E-state index is -1.11. The average Bonchev–Trinajstić information content (AvgIpc) is 3.51. The maximum Gasteiger partial charge on any atom is 0.261 e. The number of amides is 3. The van der Waals surface area contributed by atoms with Gasteiger partial charge in [0.15, 0.2) is 11.6 Å². The van der Waals surface area contributed by atoms with E-state index in [1.165, 1.54) is 17.0 Å². The minimum absolute atomic E-state index is 0.0325. The van der Waals surface area contributed by atoms with Crippen molar-refractivity contribution in [1.29, 1.82) is 0 Å². The molecule has 2 heterocycles. The van der Waals surface area contributed by atoms with Crippen LogP contribution in [-0.2, 0) is 11.3 Å². The molecule has 228 valence electrons. The minimum Gasteiger partial charge on any atom is -0.334 e. The van der Waals surface area contributed by atoms with Crippen molar-refractivity contribution in [2.24, 2.45) is 5.41 Å². The van der Waals surface area contributed by atoms with E-state index in [1.807, 2.05) is 51.1 Å². The molecule has 0 unspecified atom stereocenters. The standard InChI is InChI=1S/C33H32F3N5O3/c1-33(2,3)28(39(20-42)16-15-23(18-34)41-31(43)24-11-7-8-12-25(24)32(41)44)30-37-29(26-17-22(35)13-14-27(26)36)38-40(30)19-21-9-5-4-6-10-21/h4-14,17,20,23,28H,15-16,18-19H2,1-3H3/t23-,28-/m0/s1. The number of fused-ring (bicyclic) bond motifs is 1. The molecule has 0 radical (unpaired) electrons. The molecule has 0 saturated heterocycles. The number of carbonyl (C=O) groups excluding carboxylic acids is 3. The van der Waals surface area contributed by atoms with Gasteiger partial charge in [0.1, 0.15) is 18.3 Å². The summed E-state index contributed by atoms with van der Waals surface area (Å²) in [5, 5.41) is 4.54. The smallest absolute Gasteiger partial charge is 0.261 e. The highest BCUT2D eigenvalue weighted by Gasteiger charge is 2.41. The third-order valence-corrected chi connectivity index (χ3v) is 7.67. The van der Waals surface area contributed by atoms with E-state index in [1.54, 1.807) is 16.8 Å². The van der Waals surface area contributed by atoms with Crippen LogP contribution in [-0.4, -0.2) is 62.0 Å². The second kappa shape index (κ2) is 12.4. The van der Waals surface area contributed by atoms with Crippen LogP contribution in [0.1, 0.15) is 65.3 Å². The van der Waals surface area contributed by atoms with Crippen LogP contribution in [0.15, 0.2) is 72.8 Å². The Balaban J connectivity index is 1.50. The Kier molecular flexibility index (Phi) is 8.66. The number of rotatable bonds is 11. The number of benzene rings is 3. The van der Waals surface area contributed by atoms with Crippen molar-refractivity contribution in [3.8, 4) is 11.4 Å². The molecule has 0 aliphatic carbocycles. The highest BCUT2D eigenvalue weighted by Crippen LogP contribution is 2.38. The number of nitrogens with zero attached hydrogens (tertiary/aromatic N) is 5. The van der Waals surface area contributed by atoms with Gasteiger partial charge in [-0.3, -0.25) is 19.3 Å². The SMILES string of the molecule is CC(C)(C)[C@H](c1nc(-c2cc(F)ccc2F)nn1Cc1ccccc1)N(C=O)CC[C@@H](CF)N1C(=O)c2ccccc2C1=O. The Morgan fingerprint density at radius 3 is 2.14 bits per heavy atom. The van der Waals surface area contributed by atoms with E-state index in [0.717, 1.165) is 28.7 Å². The van der Waals surface area contributed by atoms with Crippen molar-refractivity contribution in [2.75, 3.05) is 13.2 Å². The maximum absolute atomic E-state index is 14.8. The summed E-state index contributed by atoms with van der Waals surface area (Å²) in [6.45, 7) is 4.85. The second-order valence-electron chi connectivity index (χ2n) is 11.8. The van der Waals surface area contributed by atoms with Gasteiger partial charge in [-0.25, -0.2) is 22.8 Å². The number of carbonyl (C=O) groups is 3. The average molecular weight is 604 g/mol. The van der Waals surface area contributed by atoms with Gasteiger partial charge < -0.3 is 4.90 Å². The van der Waals surface area contributed by atoms with Crippen LogP contribution in [0.4, 0.5) is 13.2 Å². The first-order valence-corrected chi connectivity index (χ1v) is 14.2. The Morgan fingerprint density at radius 1 is 0.909 bits per heavy atom. The molecule has 3 amide bonds. The van der Waals surface area contributed by atoms with Gasteiger partial charge in [-0.05, 0) is 47.7 Å². The zero-order valence-electron chi connectivity index (χ0n) is 24.6. The van der Waals surface area contributed by atoms with E-state index in [9.17, 15) is 27.6 Å². The van der Waals surface area contributed by atoms with Crippen LogP contribution in [0.5, 0.6) is 0 Å². The zero-order valence-corrected chi connectivity index (χ0v) is 24.6. The van der Waals surface area contributed by atoms with Gasteiger partial charge in [0.2, 0.25) is 6.41 Å². The quantitative estimate of drug-likeness (QED) is 0.159. The predicted molar refractivity (Wildman–Crippen MR) is 157 cm³/mol. The monoisotopic (exact) mass is 603 g/mol. The molecule has 1 aliphatic rings. The second-order valence-corrected chi connectivity index (χ2v) is 11.8. The summed E-state index contributed by atoms with van der Waals surface area (Å²) >= 11 is 0. The lowest BCUT2D eigenvalue weighted by Crippen LogP contribution is -2.45. The molecule has 44 heavy (non-hydrogen) atoms. The van der Waals surface area contributed by atoms with Crippen molar-refractivity contribution in [1.82, 2.24) is 24.6 Å². The molecule has 8 nitrogen and oxygen atoms in total.